The average molecular weight is 479 g/mol. The highest BCUT2D eigenvalue weighted by Gasteiger charge is 2.31. The number of carbonyl (C=O) groups excluding carboxylic acids is 1. The van der Waals surface area contributed by atoms with Gasteiger partial charge in [0.25, 0.3) is 5.91 Å². The summed E-state index contributed by atoms with van der Waals surface area (Å²) in [4.78, 5) is 22.0. The molecular formula is C23H25F3N4O2S. The number of anilines is 1. The monoisotopic (exact) mass is 478 g/mol. The molecule has 1 aliphatic heterocycles. The molecule has 1 unspecified atom stereocenters. The lowest BCUT2D eigenvalue weighted by atomic mass is 9.93. The van der Waals surface area contributed by atoms with Crippen molar-refractivity contribution < 1.29 is 22.7 Å². The quantitative estimate of drug-likeness (QED) is 0.429. The summed E-state index contributed by atoms with van der Waals surface area (Å²) in [5.41, 5.74) is 8.38. The van der Waals surface area contributed by atoms with Gasteiger partial charge in [-0.3, -0.25) is 9.79 Å². The fourth-order valence-electron chi connectivity index (χ4n) is 3.37. The summed E-state index contributed by atoms with van der Waals surface area (Å²) in [5, 5.41) is 4.65. The van der Waals surface area contributed by atoms with Crippen LogP contribution < -0.4 is 15.8 Å². The van der Waals surface area contributed by atoms with Gasteiger partial charge in [-0.1, -0.05) is 25.6 Å². The minimum absolute atomic E-state index is 0.160. The van der Waals surface area contributed by atoms with Gasteiger partial charge in [0.05, 0.1) is 10.6 Å². The van der Waals surface area contributed by atoms with E-state index in [-0.39, 0.29) is 17.5 Å². The van der Waals surface area contributed by atoms with E-state index in [4.69, 9.17) is 5.73 Å². The molecule has 1 aromatic carbocycles. The molecule has 0 bridgehead atoms. The van der Waals surface area contributed by atoms with Crippen LogP contribution in [0.15, 0.2) is 52.3 Å². The van der Waals surface area contributed by atoms with Gasteiger partial charge in [-0.15, -0.1) is 24.5 Å². The minimum Gasteiger partial charge on any atom is -0.406 e. The maximum Gasteiger partial charge on any atom is 0.573 e. The second-order valence-electron chi connectivity index (χ2n) is 7.63. The molecule has 3 rings (SSSR count). The van der Waals surface area contributed by atoms with Crippen LogP contribution >= 0.6 is 11.3 Å². The maximum absolute atomic E-state index is 12.4. The van der Waals surface area contributed by atoms with Crippen molar-refractivity contribution in [1.82, 2.24) is 0 Å². The van der Waals surface area contributed by atoms with Crippen molar-refractivity contribution in [2.45, 2.75) is 39.0 Å². The second-order valence-corrected chi connectivity index (χ2v) is 8.55. The molecule has 0 saturated heterocycles. The predicted molar refractivity (Wildman–Crippen MR) is 126 cm³/mol. The van der Waals surface area contributed by atoms with E-state index in [1.54, 1.807) is 18.2 Å². The Morgan fingerprint density at radius 1 is 1.33 bits per heavy atom. The van der Waals surface area contributed by atoms with E-state index in [9.17, 15) is 18.0 Å². The summed E-state index contributed by atoms with van der Waals surface area (Å²) in [5.74, 6) is -0.165. The number of benzene rings is 1. The van der Waals surface area contributed by atoms with Gasteiger partial charge in [-0.25, -0.2) is 4.99 Å². The molecule has 0 fully saturated rings. The Bertz CT molecular complexity index is 1060. The molecule has 2 heterocycles. The molecule has 6 nitrogen and oxygen atoms in total. The molecule has 0 spiro atoms. The van der Waals surface area contributed by atoms with Crippen LogP contribution in [-0.4, -0.2) is 30.5 Å². The second kappa shape index (κ2) is 10.7. The number of halogens is 3. The number of nitrogens with zero attached hydrogens (tertiary/aromatic N) is 2. The zero-order valence-corrected chi connectivity index (χ0v) is 18.9. The Morgan fingerprint density at radius 3 is 2.67 bits per heavy atom. The molecule has 1 aliphatic rings. The number of amides is 1. The number of carbonyl (C=O) groups is 1. The smallest absolute Gasteiger partial charge is 0.406 e. The van der Waals surface area contributed by atoms with E-state index in [1.165, 1.54) is 23.5 Å². The summed E-state index contributed by atoms with van der Waals surface area (Å²) < 4.78 is 40.7. The molecule has 1 aromatic heterocycles. The summed E-state index contributed by atoms with van der Waals surface area (Å²) in [6, 6.07) is 7.65. The Kier molecular flexibility index (Phi) is 7.91. The van der Waals surface area contributed by atoms with E-state index >= 15 is 0 Å². The van der Waals surface area contributed by atoms with Crippen molar-refractivity contribution in [1.29, 1.82) is 0 Å². The Labute approximate surface area is 194 Å². The first kappa shape index (κ1) is 24.5. The van der Waals surface area contributed by atoms with Crippen LogP contribution in [0.25, 0.3) is 5.57 Å². The van der Waals surface area contributed by atoms with Gasteiger partial charge in [0, 0.05) is 13.0 Å². The Hall–Kier alpha value is -3.14. The molecule has 0 saturated carbocycles. The molecule has 33 heavy (non-hydrogen) atoms. The van der Waals surface area contributed by atoms with E-state index in [0.717, 1.165) is 28.9 Å². The SMILES string of the molecule is C=C(CC)c1sccc1NC(=O)C(N)=NC1=NCC(Cc2ccc(OC(F)(F)F)cc2)CC1. The van der Waals surface area contributed by atoms with Gasteiger partial charge >= 0.3 is 6.36 Å². The van der Waals surface area contributed by atoms with Gasteiger partial charge in [0.1, 0.15) is 11.6 Å². The van der Waals surface area contributed by atoms with Gasteiger partial charge in [-0.05, 0) is 59.9 Å². The van der Waals surface area contributed by atoms with Crippen LogP contribution in [0.2, 0.25) is 0 Å². The van der Waals surface area contributed by atoms with Gasteiger partial charge in [0.15, 0.2) is 5.84 Å². The number of aliphatic imine (C=N–C) groups is 2. The third kappa shape index (κ3) is 7.18. The molecule has 10 heteroatoms. The van der Waals surface area contributed by atoms with Gasteiger partial charge in [-0.2, -0.15) is 0 Å². The highest BCUT2D eigenvalue weighted by atomic mass is 32.1. The van der Waals surface area contributed by atoms with Crippen molar-refractivity contribution in [3.8, 4) is 5.75 Å². The first-order valence-corrected chi connectivity index (χ1v) is 11.3. The zero-order valence-electron chi connectivity index (χ0n) is 18.1. The molecule has 2 aromatic rings. The number of hydrogen-bond acceptors (Lipinski definition) is 5. The zero-order chi connectivity index (χ0) is 24.0. The van der Waals surface area contributed by atoms with Crippen molar-refractivity contribution >= 4 is 40.2 Å². The number of thiophene rings is 1. The summed E-state index contributed by atoms with van der Waals surface area (Å²) in [7, 11) is 0. The van der Waals surface area contributed by atoms with Crippen LogP contribution in [0.4, 0.5) is 18.9 Å². The Balaban J connectivity index is 1.54. The molecular weight excluding hydrogens is 453 g/mol. The largest absolute Gasteiger partial charge is 0.573 e. The van der Waals surface area contributed by atoms with E-state index < -0.39 is 12.3 Å². The van der Waals surface area contributed by atoms with E-state index in [2.05, 4.69) is 26.6 Å². The summed E-state index contributed by atoms with van der Waals surface area (Å²) in [6.45, 7) is 6.50. The van der Waals surface area contributed by atoms with Crippen molar-refractivity contribution in [2.75, 3.05) is 11.9 Å². The lowest BCUT2D eigenvalue weighted by molar-refractivity contribution is -0.274. The molecule has 0 radical (unpaired) electrons. The van der Waals surface area contributed by atoms with Crippen LogP contribution in [-0.2, 0) is 11.2 Å². The Morgan fingerprint density at radius 2 is 2.06 bits per heavy atom. The molecule has 1 amide bonds. The topological polar surface area (TPSA) is 89.1 Å². The summed E-state index contributed by atoms with van der Waals surface area (Å²) in [6.07, 6.45) is -1.92. The van der Waals surface area contributed by atoms with Crippen LogP contribution in [0.1, 0.15) is 36.6 Å². The fourth-order valence-corrected chi connectivity index (χ4v) is 4.27. The minimum atomic E-state index is -4.70. The number of hydrogen-bond donors (Lipinski definition) is 2. The molecule has 176 valence electrons. The van der Waals surface area contributed by atoms with Crippen LogP contribution in [0.5, 0.6) is 5.75 Å². The molecule has 1 atom stereocenters. The number of ether oxygens (including phenoxy) is 1. The van der Waals surface area contributed by atoms with Gasteiger partial charge in [0.2, 0.25) is 0 Å². The van der Waals surface area contributed by atoms with Crippen LogP contribution in [0, 0.1) is 5.92 Å². The standard InChI is InChI=1S/C23H25F3N4O2S/c1-3-14(2)20-18(10-11-33-20)29-22(31)21(27)30-19-9-6-16(13-28-19)12-15-4-7-17(8-5-15)32-23(24,25)26/h4-5,7-8,10-11,16H,2-3,6,9,12-13H2,1H3,(H,29,31)(H2,27,28,30). The first-order chi connectivity index (χ1) is 15.6. The van der Waals surface area contributed by atoms with E-state index in [0.29, 0.717) is 30.9 Å². The average Bonchev–Trinajstić information content (AvgIpc) is 3.23. The number of rotatable bonds is 6. The normalized spacial score (nSPS) is 16.8. The summed E-state index contributed by atoms with van der Waals surface area (Å²) >= 11 is 1.50. The number of alkyl halides is 3. The molecule has 3 N–H and O–H groups in total. The maximum atomic E-state index is 12.4. The third-order valence-corrected chi connectivity index (χ3v) is 6.15. The first-order valence-electron chi connectivity index (χ1n) is 10.4. The van der Waals surface area contributed by atoms with Crippen molar-refractivity contribution in [3.63, 3.8) is 0 Å². The van der Waals surface area contributed by atoms with Crippen LogP contribution in [0.3, 0.4) is 0 Å². The van der Waals surface area contributed by atoms with E-state index in [1.807, 2.05) is 12.3 Å². The van der Waals surface area contributed by atoms with Crippen molar-refractivity contribution in [3.05, 3.63) is 52.7 Å². The number of allylic oxidation sites excluding steroid dienone is 1. The number of amidine groups is 2. The lowest BCUT2D eigenvalue weighted by Gasteiger charge is -2.20. The number of nitrogens with one attached hydrogen (secondary N) is 1. The van der Waals surface area contributed by atoms with Crippen molar-refractivity contribution in [2.24, 2.45) is 21.6 Å². The highest BCUT2D eigenvalue weighted by Crippen LogP contribution is 2.30. The fraction of sp³-hybridized carbons (Fsp3) is 0.348. The predicted octanol–water partition coefficient (Wildman–Crippen LogP) is 5.42. The van der Waals surface area contributed by atoms with Gasteiger partial charge < -0.3 is 15.8 Å². The lowest BCUT2D eigenvalue weighted by Crippen LogP contribution is -2.31. The highest BCUT2D eigenvalue weighted by molar-refractivity contribution is 7.11. The molecule has 0 aliphatic carbocycles. The number of nitrogens with two attached hydrogens (primary N) is 1. The third-order valence-electron chi connectivity index (χ3n) is 5.13.